The van der Waals surface area contributed by atoms with Crippen molar-refractivity contribution in [2.24, 2.45) is 0 Å². The van der Waals surface area contributed by atoms with Gasteiger partial charge in [0.25, 0.3) is 0 Å². The van der Waals surface area contributed by atoms with Crippen molar-refractivity contribution in [3.8, 4) is 0 Å². The predicted molar refractivity (Wildman–Crippen MR) is 52.4 cm³/mol. The molecular weight excluding hydrogens is 150 g/mol. The average Bonchev–Trinajstić information content (AvgIpc) is 2.56. The first-order valence-electron chi connectivity index (χ1n) is 4.98. The fraction of sp³-hybridized carbons (Fsp3) is 1.00. The standard InChI is InChI=1S/C9H21N3/c1-3-8(6-10-2)12-9-4-5-11-7-9/h8-12H,3-7H2,1-2H3. The maximum Gasteiger partial charge on any atom is 0.0207 e. The fourth-order valence-electron chi connectivity index (χ4n) is 1.70. The summed E-state index contributed by atoms with van der Waals surface area (Å²) in [4.78, 5) is 0. The van der Waals surface area contributed by atoms with Crippen LogP contribution >= 0.6 is 0 Å². The summed E-state index contributed by atoms with van der Waals surface area (Å²) in [6.07, 6.45) is 2.48. The molecule has 3 N–H and O–H groups in total. The van der Waals surface area contributed by atoms with Gasteiger partial charge < -0.3 is 16.0 Å². The third kappa shape index (κ3) is 3.09. The van der Waals surface area contributed by atoms with Gasteiger partial charge in [0.05, 0.1) is 0 Å². The summed E-state index contributed by atoms with van der Waals surface area (Å²) < 4.78 is 0. The molecule has 1 heterocycles. The van der Waals surface area contributed by atoms with Crippen LogP contribution in [0, 0.1) is 0 Å². The van der Waals surface area contributed by atoms with E-state index in [-0.39, 0.29) is 0 Å². The molecular formula is C9H21N3. The number of hydrogen-bond acceptors (Lipinski definition) is 3. The zero-order valence-electron chi connectivity index (χ0n) is 8.19. The van der Waals surface area contributed by atoms with E-state index in [2.05, 4.69) is 22.9 Å². The summed E-state index contributed by atoms with van der Waals surface area (Å²) in [5.74, 6) is 0. The van der Waals surface area contributed by atoms with Crippen molar-refractivity contribution in [1.29, 1.82) is 0 Å². The molecule has 1 fully saturated rings. The Morgan fingerprint density at radius 2 is 2.42 bits per heavy atom. The molecule has 12 heavy (non-hydrogen) atoms. The van der Waals surface area contributed by atoms with Crippen LogP contribution in [0.1, 0.15) is 19.8 Å². The highest BCUT2D eigenvalue weighted by Crippen LogP contribution is 2.00. The summed E-state index contributed by atoms with van der Waals surface area (Å²) in [6, 6.07) is 1.34. The van der Waals surface area contributed by atoms with Crippen LogP contribution in [-0.4, -0.2) is 38.8 Å². The van der Waals surface area contributed by atoms with E-state index < -0.39 is 0 Å². The van der Waals surface area contributed by atoms with Gasteiger partial charge in [-0.05, 0) is 26.4 Å². The molecule has 0 spiro atoms. The number of nitrogens with one attached hydrogen (secondary N) is 3. The Balaban J connectivity index is 2.16. The molecule has 3 nitrogen and oxygen atoms in total. The Kier molecular flexibility index (Phi) is 4.58. The van der Waals surface area contributed by atoms with Crippen molar-refractivity contribution in [3.63, 3.8) is 0 Å². The van der Waals surface area contributed by atoms with Crippen LogP contribution in [0.15, 0.2) is 0 Å². The molecule has 1 aliphatic rings. The molecule has 0 radical (unpaired) electrons. The molecule has 0 aromatic rings. The molecule has 1 rings (SSSR count). The minimum Gasteiger partial charge on any atom is -0.318 e. The lowest BCUT2D eigenvalue weighted by molar-refractivity contribution is 0.421. The molecule has 1 aliphatic heterocycles. The van der Waals surface area contributed by atoms with E-state index in [9.17, 15) is 0 Å². The largest absolute Gasteiger partial charge is 0.318 e. The molecule has 72 valence electrons. The smallest absolute Gasteiger partial charge is 0.0207 e. The van der Waals surface area contributed by atoms with E-state index in [4.69, 9.17) is 0 Å². The minimum absolute atomic E-state index is 0.639. The molecule has 3 heteroatoms. The first-order valence-corrected chi connectivity index (χ1v) is 4.98. The van der Waals surface area contributed by atoms with Gasteiger partial charge in [0.2, 0.25) is 0 Å². The summed E-state index contributed by atoms with van der Waals surface area (Å²) >= 11 is 0. The van der Waals surface area contributed by atoms with E-state index in [0.717, 1.165) is 13.1 Å². The van der Waals surface area contributed by atoms with Crippen LogP contribution in [0.3, 0.4) is 0 Å². The van der Waals surface area contributed by atoms with Crippen LogP contribution in [-0.2, 0) is 0 Å². The topological polar surface area (TPSA) is 36.1 Å². The van der Waals surface area contributed by atoms with Crippen LogP contribution in [0.4, 0.5) is 0 Å². The normalized spacial score (nSPS) is 26.0. The van der Waals surface area contributed by atoms with Crippen molar-refractivity contribution in [2.45, 2.75) is 31.8 Å². The van der Waals surface area contributed by atoms with Crippen molar-refractivity contribution in [1.82, 2.24) is 16.0 Å². The summed E-state index contributed by atoms with van der Waals surface area (Å²) in [5.41, 5.74) is 0. The van der Waals surface area contributed by atoms with Crippen LogP contribution in [0.2, 0.25) is 0 Å². The van der Waals surface area contributed by atoms with Gasteiger partial charge in [-0.3, -0.25) is 0 Å². The Morgan fingerprint density at radius 3 is 2.92 bits per heavy atom. The van der Waals surface area contributed by atoms with Gasteiger partial charge in [-0.2, -0.15) is 0 Å². The Hall–Kier alpha value is -0.120. The maximum absolute atomic E-state index is 3.64. The quantitative estimate of drug-likeness (QED) is 0.542. The molecule has 0 aliphatic carbocycles. The Morgan fingerprint density at radius 1 is 1.58 bits per heavy atom. The van der Waals surface area contributed by atoms with E-state index in [1.54, 1.807) is 0 Å². The van der Waals surface area contributed by atoms with E-state index in [0.29, 0.717) is 12.1 Å². The number of likely N-dealkylation sites (N-methyl/N-ethyl adjacent to an activating group) is 1. The SMILES string of the molecule is CCC(CNC)NC1CCNC1. The predicted octanol–water partition coefficient (Wildman–Crippen LogP) is -0.0641. The average molecular weight is 171 g/mol. The van der Waals surface area contributed by atoms with Gasteiger partial charge in [-0.25, -0.2) is 0 Å². The second-order valence-corrected chi connectivity index (χ2v) is 3.52. The molecule has 2 unspecified atom stereocenters. The van der Waals surface area contributed by atoms with E-state index in [1.807, 2.05) is 7.05 Å². The monoisotopic (exact) mass is 171 g/mol. The van der Waals surface area contributed by atoms with Crippen LogP contribution in [0.25, 0.3) is 0 Å². The fourth-order valence-corrected chi connectivity index (χ4v) is 1.70. The molecule has 1 saturated heterocycles. The zero-order valence-corrected chi connectivity index (χ0v) is 8.19. The van der Waals surface area contributed by atoms with Crippen LogP contribution < -0.4 is 16.0 Å². The summed E-state index contributed by atoms with van der Waals surface area (Å²) in [5, 5.41) is 10.2. The molecule has 0 aromatic carbocycles. The zero-order chi connectivity index (χ0) is 8.81. The highest BCUT2D eigenvalue weighted by atomic mass is 15.1. The van der Waals surface area contributed by atoms with Crippen molar-refractivity contribution < 1.29 is 0 Å². The van der Waals surface area contributed by atoms with Gasteiger partial charge >= 0.3 is 0 Å². The van der Waals surface area contributed by atoms with Gasteiger partial charge in [-0.15, -0.1) is 0 Å². The van der Waals surface area contributed by atoms with Gasteiger partial charge in [0.1, 0.15) is 0 Å². The third-order valence-electron chi connectivity index (χ3n) is 2.48. The van der Waals surface area contributed by atoms with Crippen molar-refractivity contribution in [3.05, 3.63) is 0 Å². The highest BCUT2D eigenvalue weighted by Gasteiger charge is 2.16. The second-order valence-electron chi connectivity index (χ2n) is 3.52. The Bertz CT molecular complexity index is 110. The van der Waals surface area contributed by atoms with Crippen LogP contribution in [0.5, 0.6) is 0 Å². The first kappa shape index (κ1) is 9.96. The van der Waals surface area contributed by atoms with E-state index >= 15 is 0 Å². The maximum atomic E-state index is 3.64. The van der Waals surface area contributed by atoms with Gasteiger partial charge in [-0.1, -0.05) is 6.92 Å². The lowest BCUT2D eigenvalue weighted by Crippen LogP contribution is -2.44. The van der Waals surface area contributed by atoms with Crippen molar-refractivity contribution in [2.75, 3.05) is 26.7 Å². The van der Waals surface area contributed by atoms with E-state index in [1.165, 1.54) is 19.4 Å². The third-order valence-corrected chi connectivity index (χ3v) is 2.48. The van der Waals surface area contributed by atoms with Gasteiger partial charge in [0.15, 0.2) is 0 Å². The molecule has 0 amide bonds. The number of rotatable bonds is 5. The second kappa shape index (κ2) is 5.51. The number of hydrogen-bond donors (Lipinski definition) is 3. The lowest BCUT2D eigenvalue weighted by atomic mass is 10.1. The molecule has 0 bridgehead atoms. The van der Waals surface area contributed by atoms with Gasteiger partial charge in [0, 0.05) is 25.2 Å². The summed E-state index contributed by atoms with van der Waals surface area (Å²) in [6.45, 7) is 5.62. The van der Waals surface area contributed by atoms with Crippen molar-refractivity contribution >= 4 is 0 Å². The molecule has 0 aromatic heterocycles. The summed E-state index contributed by atoms with van der Waals surface area (Å²) in [7, 11) is 2.01. The molecule has 2 atom stereocenters. The first-order chi connectivity index (χ1) is 5.86. The minimum atomic E-state index is 0.639. The molecule has 0 saturated carbocycles. The Labute approximate surface area is 75.3 Å². The lowest BCUT2D eigenvalue weighted by Gasteiger charge is -2.20. The highest BCUT2D eigenvalue weighted by molar-refractivity contribution is 4.81.